The second kappa shape index (κ2) is 4.53. The van der Waals surface area contributed by atoms with Crippen LogP contribution in [0, 0.1) is 0 Å². The first-order valence-electron chi connectivity index (χ1n) is 3.72. The molecule has 72 valence electrons. The minimum Gasteiger partial charge on any atom is -0.227 e. The molecule has 0 N–H and O–H groups in total. The Kier molecular flexibility index (Phi) is 3.62. The first kappa shape index (κ1) is 10.4. The highest BCUT2D eigenvalue weighted by Crippen LogP contribution is 2.04. The number of halogens is 1. The monoisotopic (exact) mass is 220 g/mol. The molecule has 0 aromatic carbocycles. The van der Waals surface area contributed by atoms with Gasteiger partial charge in [0.1, 0.15) is 0 Å². The Balaban J connectivity index is 2.83. The summed E-state index contributed by atoms with van der Waals surface area (Å²) in [6, 6.07) is 1.57. The van der Waals surface area contributed by atoms with Crippen molar-refractivity contribution in [2.75, 3.05) is 11.6 Å². The Morgan fingerprint density at radius 2 is 1.92 bits per heavy atom. The van der Waals surface area contributed by atoms with Crippen LogP contribution in [-0.4, -0.2) is 30.0 Å². The predicted molar refractivity (Wildman–Crippen MR) is 49.4 cm³/mol. The minimum atomic E-state index is -3.33. The van der Waals surface area contributed by atoms with E-state index < -0.39 is 9.84 Å². The summed E-state index contributed by atoms with van der Waals surface area (Å²) in [5.74, 6) is 0.326. The van der Waals surface area contributed by atoms with Gasteiger partial charge in [-0.1, -0.05) is 0 Å². The molecule has 0 atom stereocenters. The van der Waals surface area contributed by atoms with Crippen LogP contribution in [0.2, 0.25) is 0 Å². The highest BCUT2D eigenvalue weighted by Gasteiger charge is 2.15. The molecule has 0 aliphatic rings. The van der Waals surface area contributed by atoms with Crippen LogP contribution in [0.15, 0.2) is 23.6 Å². The van der Waals surface area contributed by atoms with E-state index in [1.807, 2.05) is 0 Å². The van der Waals surface area contributed by atoms with Gasteiger partial charge in [-0.2, -0.15) is 0 Å². The Hall–Kier alpha value is -0.680. The molecule has 0 aliphatic carbocycles. The molecule has 0 bridgehead atoms. The Bertz CT molecular complexity index is 352. The van der Waals surface area contributed by atoms with Crippen LogP contribution >= 0.6 is 11.6 Å². The molecule has 0 unspecified atom stereocenters. The van der Waals surface area contributed by atoms with Crippen LogP contribution in [0.4, 0.5) is 0 Å². The molecule has 1 aromatic heterocycles. The van der Waals surface area contributed by atoms with Gasteiger partial charge in [0.2, 0.25) is 15.0 Å². The van der Waals surface area contributed by atoms with Gasteiger partial charge >= 0.3 is 0 Å². The molecule has 1 rings (SSSR count). The molecule has 0 spiro atoms. The topological polar surface area (TPSA) is 59.9 Å². The number of hydrogen-bond donors (Lipinski definition) is 0. The average Bonchev–Trinajstić information content (AvgIpc) is 2.16. The second-order valence-corrected chi connectivity index (χ2v) is 4.77. The van der Waals surface area contributed by atoms with Crippen molar-refractivity contribution in [3.8, 4) is 0 Å². The second-order valence-electron chi connectivity index (χ2n) is 2.39. The lowest BCUT2D eigenvalue weighted by Gasteiger charge is -1.99. The van der Waals surface area contributed by atoms with Crippen LogP contribution in [0.5, 0.6) is 0 Å². The van der Waals surface area contributed by atoms with Crippen molar-refractivity contribution in [1.82, 2.24) is 9.97 Å². The summed E-state index contributed by atoms with van der Waals surface area (Å²) in [4.78, 5) is 7.32. The van der Waals surface area contributed by atoms with Crippen molar-refractivity contribution in [1.29, 1.82) is 0 Å². The van der Waals surface area contributed by atoms with E-state index in [9.17, 15) is 8.42 Å². The van der Waals surface area contributed by atoms with Gasteiger partial charge in [0, 0.05) is 18.3 Å². The molecule has 0 saturated heterocycles. The van der Waals surface area contributed by atoms with Gasteiger partial charge in [-0.3, -0.25) is 0 Å². The molecule has 0 saturated carbocycles. The van der Waals surface area contributed by atoms with Crippen molar-refractivity contribution in [2.24, 2.45) is 0 Å². The fourth-order valence-corrected chi connectivity index (χ4v) is 2.22. The molecular weight excluding hydrogens is 212 g/mol. The third kappa shape index (κ3) is 2.93. The largest absolute Gasteiger partial charge is 0.246 e. The molecule has 4 nitrogen and oxygen atoms in total. The van der Waals surface area contributed by atoms with Gasteiger partial charge < -0.3 is 0 Å². The van der Waals surface area contributed by atoms with E-state index in [-0.39, 0.29) is 10.9 Å². The number of rotatable bonds is 4. The third-order valence-electron chi connectivity index (χ3n) is 1.37. The van der Waals surface area contributed by atoms with E-state index in [0.717, 1.165) is 0 Å². The van der Waals surface area contributed by atoms with Gasteiger partial charge in [0.15, 0.2) is 0 Å². The Morgan fingerprint density at radius 3 is 2.46 bits per heavy atom. The molecule has 0 radical (unpaired) electrons. The number of alkyl halides is 1. The van der Waals surface area contributed by atoms with Crippen LogP contribution in [0.1, 0.15) is 6.42 Å². The van der Waals surface area contributed by atoms with E-state index in [1.165, 1.54) is 12.4 Å². The summed E-state index contributed by atoms with van der Waals surface area (Å²) in [6.45, 7) is 0. The van der Waals surface area contributed by atoms with E-state index in [1.54, 1.807) is 6.07 Å². The van der Waals surface area contributed by atoms with Crippen LogP contribution in [0.25, 0.3) is 0 Å². The third-order valence-corrected chi connectivity index (χ3v) is 3.23. The minimum absolute atomic E-state index is 0.000509. The maximum Gasteiger partial charge on any atom is 0.246 e. The van der Waals surface area contributed by atoms with Crippen LogP contribution in [0.3, 0.4) is 0 Å². The maximum absolute atomic E-state index is 11.4. The van der Waals surface area contributed by atoms with Crippen LogP contribution in [-0.2, 0) is 9.84 Å². The highest BCUT2D eigenvalue weighted by atomic mass is 35.5. The van der Waals surface area contributed by atoms with E-state index in [2.05, 4.69) is 9.97 Å². The first-order valence-corrected chi connectivity index (χ1v) is 5.91. The number of sulfone groups is 1. The Morgan fingerprint density at radius 1 is 1.31 bits per heavy atom. The van der Waals surface area contributed by atoms with Gasteiger partial charge in [-0.15, -0.1) is 11.6 Å². The molecule has 6 heteroatoms. The fourth-order valence-electron chi connectivity index (χ4n) is 0.782. The number of nitrogens with zero attached hydrogens (tertiary/aromatic N) is 2. The van der Waals surface area contributed by atoms with Crippen molar-refractivity contribution >= 4 is 21.4 Å². The summed E-state index contributed by atoms with van der Waals surface area (Å²) in [5, 5.41) is -0.125. The predicted octanol–water partition coefficient (Wildman–Crippen LogP) is 0.879. The fraction of sp³-hybridized carbons (Fsp3) is 0.429. The van der Waals surface area contributed by atoms with Crippen molar-refractivity contribution in [2.45, 2.75) is 11.6 Å². The summed E-state index contributed by atoms with van der Waals surface area (Å²) >= 11 is 5.39. The van der Waals surface area contributed by atoms with Crippen LogP contribution < -0.4 is 0 Å². The zero-order valence-electron chi connectivity index (χ0n) is 6.85. The normalized spacial score (nSPS) is 11.5. The molecule has 0 fully saturated rings. The maximum atomic E-state index is 11.4. The molecule has 0 aliphatic heterocycles. The first-order chi connectivity index (χ1) is 6.17. The van der Waals surface area contributed by atoms with Gasteiger partial charge in [0.05, 0.1) is 5.75 Å². The number of hydrogen-bond acceptors (Lipinski definition) is 4. The molecule has 13 heavy (non-hydrogen) atoms. The van der Waals surface area contributed by atoms with Gasteiger partial charge in [-0.05, 0) is 12.5 Å². The molecule has 0 amide bonds. The quantitative estimate of drug-likeness (QED) is 0.558. The Labute approximate surface area is 81.9 Å². The zero-order valence-corrected chi connectivity index (χ0v) is 8.42. The molecule has 1 aromatic rings. The smallest absolute Gasteiger partial charge is 0.227 e. The SMILES string of the molecule is O=S(=O)(CCCCl)c1ncccn1. The summed E-state index contributed by atoms with van der Waals surface area (Å²) in [7, 11) is -3.33. The zero-order chi connectivity index (χ0) is 9.73. The van der Waals surface area contributed by atoms with E-state index in [0.29, 0.717) is 12.3 Å². The summed E-state index contributed by atoms with van der Waals surface area (Å²) < 4.78 is 22.8. The summed E-state index contributed by atoms with van der Waals surface area (Å²) in [6.07, 6.45) is 3.23. The van der Waals surface area contributed by atoms with Crippen molar-refractivity contribution in [3.05, 3.63) is 18.5 Å². The number of aromatic nitrogens is 2. The summed E-state index contributed by atoms with van der Waals surface area (Å²) in [5.41, 5.74) is 0. The molecular formula is C7H9ClN2O2S. The van der Waals surface area contributed by atoms with Gasteiger partial charge in [0.25, 0.3) is 0 Å². The highest BCUT2D eigenvalue weighted by molar-refractivity contribution is 7.91. The lowest BCUT2D eigenvalue weighted by atomic mass is 10.6. The molecule has 1 heterocycles. The van der Waals surface area contributed by atoms with Crippen molar-refractivity contribution in [3.63, 3.8) is 0 Å². The van der Waals surface area contributed by atoms with Crippen molar-refractivity contribution < 1.29 is 8.42 Å². The van der Waals surface area contributed by atoms with Gasteiger partial charge in [-0.25, -0.2) is 18.4 Å². The van der Waals surface area contributed by atoms with E-state index in [4.69, 9.17) is 11.6 Å². The standard InChI is InChI=1S/C7H9ClN2O2S/c8-3-1-6-13(11,12)7-9-4-2-5-10-7/h2,4-5H,1,3,6H2. The van der Waals surface area contributed by atoms with E-state index >= 15 is 0 Å². The average molecular weight is 221 g/mol. The lowest BCUT2D eigenvalue weighted by Crippen LogP contribution is -2.10. The lowest BCUT2D eigenvalue weighted by molar-refractivity contribution is 0.585.